The molecule has 2 N–H and O–H groups in total. The van der Waals surface area contributed by atoms with Gasteiger partial charge in [0.1, 0.15) is 0 Å². The second-order valence-corrected chi connectivity index (χ2v) is 6.17. The van der Waals surface area contributed by atoms with Gasteiger partial charge in [0.2, 0.25) is 0 Å². The highest BCUT2D eigenvalue weighted by atomic mass is 32.2. The summed E-state index contributed by atoms with van der Waals surface area (Å²) in [6.45, 7) is 4.35. The Labute approximate surface area is 103 Å². The van der Waals surface area contributed by atoms with Crippen LogP contribution >= 0.6 is 0 Å². The van der Waals surface area contributed by atoms with Gasteiger partial charge in [0.05, 0.1) is 18.1 Å². The van der Waals surface area contributed by atoms with Gasteiger partial charge >= 0.3 is 0 Å². The number of benzene rings is 1. The molecule has 0 spiro atoms. The second-order valence-electron chi connectivity index (χ2n) is 3.99. The van der Waals surface area contributed by atoms with E-state index in [1.807, 2.05) is 32.0 Å². The van der Waals surface area contributed by atoms with E-state index in [9.17, 15) is 8.42 Å². The van der Waals surface area contributed by atoms with E-state index in [-0.39, 0.29) is 18.1 Å². The summed E-state index contributed by atoms with van der Waals surface area (Å²) >= 11 is 0. The van der Waals surface area contributed by atoms with E-state index in [0.29, 0.717) is 0 Å². The van der Waals surface area contributed by atoms with Crippen molar-refractivity contribution >= 4 is 15.5 Å². The number of aliphatic hydroxyl groups excluding tert-OH is 1. The highest BCUT2D eigenvalue weighted by Crippen LogP contribution is 2.18. The van der Waals surface area contributed by atoms with Crippen molar-refractivity contribution in [1.82, 2.24) is 0 Å². The molecule has 5 heteroatoms. The molecule has 0 radical (unpaired) electrons. The Morgan fingerprint density at radius 2 is 2.06 bits per heavy atom. The minimum atomic E-state index is -3.22. The van der Waals surface area contributed by atoms with Gasteiger partial charge < -0.3 is 10.4 Å². The Kier molecular flexibility index (Phi) is 4.96. The van der Waals surface area contributed by atoms with Gasteiger partial charge in [-0.25, -0.2) is 8.42 Å². The van der Waals surface area contributed by atoms with Crippen LogP contribution in [0.25, 0.3) is 0 Å². The van der Waals surface area contributed by atoms with Crippen molar-refractivity contribution in [1.29, 1.82) is 0 Å². The molecule has 96 valence electrons. The first-order chi connectivity index (χ1) is 7.98. The summed E-state index contributed by atoms with van der Waals surface area (Å²) in [7, 11) is -3.22. The lowest BCUT2D eigenvalue weighted by atomic mass is 10.1. The first kappa shape index (κ1) is 14.0. The number of hydrogen-bond donors (Lipinski definition) is 2. The summed E-state index contributed by atoms with van der Waals surface area (Å²) < 4.78 is 23.3. The maximum absolute atomic E-state index is 11.6. The molecule has 0 amide bonds. The highest BCUT2D eigenvalue weighted by Gasteiger charge is 2.13. The molecule has 0 bridgehead atoms. The predicted octanol–water partition coefficient (Wildman–Crippen LogP) is 1.33. The van der Waals surface area contributed by atoms with Gasteiger partial charge in [-0.3, -0.25) is 0 Å². The summed E-state index contributed by atoms with van der Waals surface area (Å²) in [6.07, 6.45) is 0. The maximum Gasteiger partial charge on any atom is 0.156 e. The maximum atomic E-state index is 11.6. The van der Waals surface area contributed by atoms with Crippen LogP contribution in [-0.4, -0.2) is 32.4 Å². The van der Waals surface area contributed by atoms with Crippen LogP contribution in [0.2, 0.25) is 0 Å². The van der Waals surface area contributed by atoms with Crippen LogP contribution in [0.1, 0.15) is 18.1 Å². The van der Waals surface area contributed by atoms with Gasteiger partial charge in [0, 0.05) is 12.2 Å². The number of aryl methyl sites for hydroxylation is 1. The Balaban J connectivity index is 2.93. The number of nitrogens with one attached hydrogen (secondary N) is 1. The van der Waals surface area contributed by atoms with Crippen molar-refractivity contribution in [2.24, 2.45) is 0 Å². The molecule has 1 aromatic rings. The molecule has 17 heavy (non-hydrogen) atoms. The van der Waals surface area contributed by atoms with Crippen molar-refractivity contribution < 1.29 is 13.5 Å². The molecule has 0 aromatic heterocycles. The zero-order valence-electron chi connectivity index (χ0n) is 10.2. The smallest absolute Gasteiger partial charge is 0.156 e. The molecule has 1 rings (SSSR count). The minimum absolute atomic E-state index is 0.0153. The lowest BCUT2D eigenvalue weighted by molar-refractivity contribution is 0.319. The Hall–Kier alpha value is -1.07. The third kappa shape index (κ3) is 4.36. The standard InChI is InChI=1S/C12H19NO3S/c1-3-13-12-5-4-10(2)11(8-12)9-17(15,16)7-6-14/h4-5,8,13-14H,3,6-7,9H2,1-2H3. The Morgan fingerprint density at radius 3 is 2.65 bits per heavy atom. The van der Waals surface area contributed by atoms with Crippen molar-refractivity contribution in [3.05, 3.63) is 29.3 Å². The van der Waals surface area contributed by atoms with Crippen LogP contribution in [0.3, 0.4) is 0 Å². The molecule has 1 aromatic carbocycles. The van der Waals surface area contributed by atoms with Crippen molar-refractivity contribution in [2.75, 3.05) is 24.2 Å². The van der Waals surface area contributed by atoms with E-state index in [4.69, 9.17) is 5.11 Å². The fourth-order valence-electron chi connectivity index (χ4n) is 1.59. The zero-order valence-corrected chi connectivity index (χ0v) is 11.0. The van der Waals surface area contributed by atoms with Crippen LogP contribution < -0.4 is 5.32 Å². The molecular weight excluding hydrogens is 238 g/mol. The Morgan fingerprint density at radius 1 is 1.35 bits per heavy atom. The fourth-order valence-corrected chi connectivity index (χ4v) is 2.80. The SMILES string of the molecule is CCNc1ccc(C)c(CS(=O)(=O)CCO)c1. The molecule has 0 aliphatic rings. The summed E-state index contributed by atoms with van der Waals surface area (Å²) in [5.41, 5.74) is 2.66. The summed E-state index contributed by atoms with van der Waals surface area (Å²) in [4.78, 5) is 0. The monoisotopic (exact) mass is 257 g/mol. The molecule has 0 saturated heterocycles. The topological polar surface area (TPSA) is 66.4 Å². The molecule has 0 unspecified atom stereocenters. The number of anilines is 1. The molecule has 4 nitrogen and oxygen atoms in total. The van der Waals surface area contributed by atoms with Crippen LogP contribution in [-0.2, 0) is 15.6 Å². The third-order valence-electron chi connectivity index (χ3n) is 2.51. The van der Waals surface area contributed by atoms with Crippen LogP contribution in [0, 0.1) is 6.92 Å². The van der Waals surface area contributed by atoms with E-state index in [0.717, 1.165) is 23.4 Å². The quantitative estimate of drug-likeness (QED) is 0.807. The van der Waals surface area contributed by atoms with Gasteiger partial charge in [-0.1, -0.05) is 6.07 Å². The van der Waals surface area contributed by atoms with Crippen LogP contribution in [0.5, 0.6) is 0 Å². The molecule has 0 heterocycles. The van der Waals surface area contributed by atoms with E-state index in [1.54, 1.807) is 0 Å². The minimum Gasteiger partial charge on any atom is -0.395 e. The van der Waals surface area contributed by atoms with Crippen molar-refractivity contribution in [2.45, 2.75) is 19.6 Å². The second kappa shape index (κ2) is 6.02. The Bertz CT molecular complexity index is 469. The van der Waals surface area contributed by atoms with Gasteiger partial charge in [-0.05, 0) is 37.1 Å². The van der Waals surface area contributed by atoms with Crippen LogP contribution in [0.15, 0.2) is 18.2 Å². The van der Waals surface area contributed by atoms with E-state index in [1.165, 1.54) is 0 Å². The van der Waals surface area contributed by atoms with Crippen LogP contribution in [0.4, 0.5) is 5.69 Å². The van der Waals surface area contributed by atoms with Crippen molar-refractivity contribution in [3.8, 4) is 0 Å². The lowest BCUT2D eigenvalue weighted by Gasteiger charge is -2.10. The number of hydrogen-bond acceptors (Lipinski definition) is 4. The molecular formula is C12H19NO3S. The fraction of sp³-hybridized carbons (Fsp3) is 0.500. The molecule has 0 fully saturated rings. The first-order valence-electron chi connectivity index (χ1n) is 5.63. The van der Waals surface area contributed by atoms with Gasteiger partial charge in [-0.2, -0.15) is 0 Å². The average molecular weight is 257 g/mol. The zero-order chi connectivity index (χ0) is 12.9. The molecule has 0 saturated carbocycles. The summed E-state index contributed by atoms with van der Waals surface area (Å²) in [5.74, 6) is -0.198. The summed E-state index contributed by atoms with van der Waals surface area (Å²) in [6, 6.07) is 5.69. The first-order valence-corrected chi connectivity index (χ1v) is 7.45. The number of aliphatic hydroxyl groups is 1. The molecule has 0 atom stereocenters. The molecule has 0 aliphatic carbocycles. The normalized spacial score (nSPS) is 11.5. The lowest BCUT2D eigenvalue weighted by Crippen LogP contribution is -2.13. The van der Waals surface area contributed by atoms with Gasteiger partial charge in [-0.15, -0.1) is 0 Å². The van der Waals surface area contributed by atoms with Gasteiger partial charge in [0.15, 0.2) is 9.84 Å². The number of sulfone groups is 1. The van der Waals surface area contributed by atoms with Gasteiger partial charge in [0.25, 0.3) is 0 Å². The molecule has 0 aliphatic heterocycles. The van der Waals surface area contributed by atoms with Crippen molar-refractivity contribution in [3.63, 3.8) is 0 Å². The van der Waals surface area contributed by atoms with E-state index < -0.39 is 9.84 Å². The average Bonchev–Trinajstić information content (AvgIpc) is 2.23. The summed E-state index contributed by atoms with van der Waals surface area (Å²) in [5, 5.41) is 11.8. The highest BCUT2D eigenvalue weighted by molar-refractivity contribution is 7.90. The largest absolute Gasteiger partial charge is 0.395 e. The number of rotatable bonds is 6. The van der Waals surface area contributed by atoms with E-state index >= 15 is 0 Å². The third-order valence-corrected chi connectivity index (χ3v) is 4.06. The van der Waals surface area contributed by atoms with E-state index in [2.05, 4.69) is 5.32 Å². The predicted molar refractivity (Wildman–Crippen MR) is 69.9 cm³/mol.